The monoisotopic (exact) mass is 859 g/mol. The number of pyridine rings is 2. The summed E-state index contributed by atoms with van der Waals surface area (Å²) in [6.45, 7) is 4.69. The van der Waals surface area contributed by atoms with Crippen molar-refractivity contribution in [2.24, 2.45) is 0 Å². The third-order valence-corrected chi connectivity index (χ3v) is 13.0. The van der Waals surface area contributed by atoms with Gasteiger partial charge in [0.15, 0.2) is 23.3 Å². The molecule has 4 aromatic heterocycles. The van der Waals surface area contributed by atoms with Gasteiger partial charge in [-0.2, -0.15) is 0 Å². The van der Waals surface area contributed by atoms with E-state index in [9.17, 15) is 0 Å². The van der Waals surface area contributed by atoms with Crippen LogP contribution in [-0.2, 0) is 5.41 Å². The minimum absolute atomic E-state index is 0.200. The zero-order valence-electron chi connectivity index (χ0n) is 36.8. The highest BCUT2D eigenvalue weighted by Gasteiger charge is 2.37. The van der Waals surface area contributed by atoms with Crippen molar-refractivity contribution in [3.05, 3.63) is 224 Å². The van der Waals surface area contributed by atoms with Crippen molar-refractivity contribution in [2.45, 2.75) is 19.3 Å². The molecule has 0 saturated carbocycles. The second kappa shape index (κ2) is 16.3. The SMILES string of the molecule is CC1(C)c2ccccc2-c2c1cc(-c1cc(-c3cccc(-c4ccccn4)c3)cc(-c3nc(-c4ccc(-c5ccccn5)cc4)nc(-c4ccc(-c5ncccn5)cc4)n3)c1)c1ccccc21. The zero-order chi connectivity index (χ0) is 44.9. The molecule has 12 rings (SSSR count). The van der Waals surface area contributed by atoms with Crippen LogP contribution in [0.25, 0.3) is 112 Å². The largest absolute Gasteiger partial charge is 0.256 e. The van der Waals surface area contributed by atoms with Crippen molar-refractivity contribution in [1.82, 2.24) is 34.9 Å². The van der Waals surface area contributed by atoms with Crippen molar-refractivity contribution in [1.29, 1.82) is 0 Å². The molecule has 0 spiro atoms. The van der Waals surface area contributed by atoms with Crippen molar-refractivity contribution in [2.75, 3.05) is 0 Å². The number of benzene rings is 7. The fourth-order valence-electron chi connectivity index (χ4n) is 9.56. The molecule has 0 amide bonds. The molecular formula is C60H41N7. The first-order valence-electron chi connectivity index (χ1n) is 22.4. The van der Waals surface area contributed by atoms with Gasteiger partial charge in [-0.3, -0.25) is 9.97 Å². The summed E-state index contributed by atoms with van der Waals surface area (Å²) in [7, 11) is 0. The van der Waals surface area contributed by atoms with E-state index in [1.54, 1.807) is 12.4 Å². The second-order valence-electron chi connectivity index (χ2n) is 17.4. The summed E-state index contributed by atoms with van der Waals surface area (Å²) in [5, 5.41) is 2.42. The topological polar surface area (TPSA) is 90.2 Å². The second-order valence-corrected chi connectivity index (χ2v) is 17.4. The van der Waals surface area contributed by atoms with Crippen LogP contribution in [0.2, 0.25) is 0 Å². The number of fused-ring (bicyclic) bond motifs is 5. The van der Waals surface area contributed by atoms with E-state index in [0.717, 1.165) is 67.0 Å². The Bertz CT molecular complexity index is 3530. The lowest BCUT2D eigenvalue weighted by Gasteiger charge is -2.23. The van der Waals surface area contributed by atoms with Crippen LogP contribution in [0.5, 0.6) is 0 Å². The summed E-state index contributed by atoms with van der Waals surface area (Å²) in [5.74, 6) is 2.34. The normalized spacial score (nSPS) is 12.4. The average molecular weight is 860 g/mol. The molecule has 316 valence electrons. The Morgan fingerprint density at radius 1 is 0.299 bits per heavy atom. The van der Waals surface area contributed by atoms with Crippen LogP contribution in [0.1, 0.15) is 25.0 Å². The van der Waals surface area contributed by atoms with Crippen LogP contribution in [0.4, 0.5) is 0 Å². The molecule has 4 heterocycles. The molecule has 11 aromatic rings. The molecule has 0 radical (unpaired) electrons. The molecular weight excluding hydrogens is 819 g/mol. The minimum Gasteiger partial charge on any atom is -0.256 e. The smallest absolute Gasteiger partial charge is 0.164 e. The fraction of sp³-hybridized carbons (Fsp3) is 0.0500. The third-order valence-electron chi connectivity index (χ3n) is 13.0. The van der Waals surface area contributed by atoms with Crippen LogP contribution in [-0.4, -0.2) is 34.9 Å². The first-order valence-corrected chi connectivity index (χ1v) is 22.4. The first-order chi connectivity index (χ1) is 32.9. The molecule has 0 bridgehead atoms. The lowest BCUT2D eigenvalue weighted by atomic mass is 9.80. The van der Waals surface area contributed by atoms with E-state index in [1.165, 1.54) is 33.0 Å². The summed E-state index contributed by atoms with van der Waals surface area (Å²) in [6, 6.07) is 65.6. The first kappa shape index (κ1) is 39.8. The quantitative estimate of drug-likeness (QED) is 0.150. The predicted molar refractivity (Wildman–Crippen MR) is 270 cm³/mol. The molecule has 0 atom stereocenters. The lowest BCUT2D eigenvalue weighted by molar-refractivity contribution is 0.661. The van der Waals surface area contributed by atoms with Gasteiger partial charge in [0.2, 0.25) is 0 Å². The van der Waals surface area contributed by atoms with Gasteiger partial charge in [0.05, 0.1) is 11.4 Å². The summed E-state index contributed by atoms with van der Waals surface area (Å²) >= 11 is 0. The minimum atomic E-state index is -0.200. The Kier molecular flexibility index (Phi) is 9.68. The maximum absolute atomic E-state index is 5.30. The number of hydrogen-bond donors (Lipinski definition) is 0. The zero-order valence-corrected chi connectivity index (χ0v) is 36.8. The van der Waals surface area contributed by atoms with Crippen molar-refractivity contribution >= 4 is 10.8 Å². The molecule has 7 nitrogen and oxygen atoms in total. The summed E-state index contributed by atoms with van der Waals surface area (Å²) in [4.78, 5) is 34.0. The molecule has 67 heavy (non-hydrogen) atoms. The summed E-state index contributed by atoms with van der Waals surface area (Å²) < 4.78 is 0. The van der Waals surface area contributed by atoms with Crippen molar-refractivity contribution in [3.8, 4) is 101 Å². The van der Waals surface area contributed by atoms with Gasteiger partial charge in [-0.05, 0) is 116 Å². The van der Waals surface area contributed by atoms with E-state index in [1.807, 2.05) is 79.1 Å². The van der Waals surface area contributed by atoms with E-state index in [-0.39, 0.29) is 5.41 Å². The highest BCUT2D eigenvalue weighted by Crippen LogP contribution is 2.53. The number of aromatic nitrogens is 7. The van der Waals surface area contributed by atoms with E-state index >= 15 is 0 Å². The highest BCUT2D eigenvalue weighted by atomic mass is 15.0. The van der Waals surface area contributed by atoms with Crippen LogP contribution in [0, 0.1) is 0 Å². The van der Waals surface area contributed by atoms with E-state index in [4.69, 9.17) is 19.9 Å². The molecule has 0 saturated heterocycles. The maximum atomic E-state index is 5.30. The third kappa shape index (κ3) is 7.23. The predicted octanol–water partition coefficient (Wildman–Crippen LogP) is 14.2. The van der Waals surface area contributed by atoms with Crippen LogP contribution in [0.3, 0.4) is 0 Å². The lowest BCUT2D eigenvalue weighted by Crippen LogP contribution is -2.15. The molecule has 1 aliphatic carbocycles. The van der Waals surface area contributed by atoms with E-state index in [2.05, 4.69) is 150 Å². The number of nitrogens with zero attached hydrogens (tertiary/aromatic N) is 7. The van der Waals surface area contributed by atoms with Gasteiger partial charge < -0.3 is 0 Å². The number of hydrogen-bond acceptors (Lipinski definition) is 7. The Morgan fingerprint density at radius 3 is 1.48 bits per heavy atom. The van der Waals surface area contributed by atoms with Gasteiger partial charge in [-0.1, -0.05) is 141 Å². The summed E-state index contributed by atoms with van der Waals surface area (Å²) in [5.41, 5.74) is 16.7. The standard InChI is InChI=1S/C60H41N7/c1-60(2)51-18-6-5-17-49(51)55-48-16-4-3-15-47(48)50(37-52(55)60)45-34-44(42-13-11-14-43(33-42)54-20-8-10-30-62-54)35-46(36-45)59-66-57(40-23-21-38(22-24-40)53-19-7-9-29-61-53)65-58(67-59)41-27-25-39(26-28-41)56-63-31-12-32-64-56/h3-37H,1-2H3. The van der Waals surface area contributed by atoms with Crippen molar-refractivity contribution in [3.63, 3.8) is 0 Å². The molecule has 0 aliphatic heterocycles. The molecule has 1 aliphatic rings. The Hall–Kier alpha value is -8.81. The molecule has 0 unspecified atom stereocenters. The number of rotatable bonds is 8. The van der Waals surface area contributed by atoms with Gasteiger partial charge >= 0.3 is 0 Å². The van der Waals surface area contributed by atoms with Gasteiger partial charge in [-0.25, -0.2) is 24.9 Å². The van der Waals surface area contributed by atoms with Crippen LogP contribution >= 0.6 is 0 Å². The fourth-order valence-corrected chi connectivity index (χ4v) is 9.56. The molecule has 0 N–H and O–H groups in total. The van der Waals surface area contributed by atoms with Gasteiger partial charge in [0.1, 0.15) is 0 Å². The Morgan fingerprint density at radius 2 is 0.806 bits per heavy atom. The van der Waals surface area contributed by atoms with Gasteiger partial charge in [0.25, 0.3) is 0 Å². The Balaban J connectivity index is 1.08. The Labute approximate surface area is 388 Å². The van der Waals surface area contributed by atoms with E-state index in [0.29, 0.717) is 23.3 Å². The summed E-state index contributed by atoms with van der Waals surface area (Å²) in [6.07, 6.45) is 7.15. The molecule has 0 fully saturated rings. The highest BCUT2D eigenvalue weighted by molar-refractivity contribution is 6.09. The molecule has 7 heteroatoms. The molecule has 7 aromatic carbocycles. The van der Waals surface area contributed by atoms with Gasteiger partial charge in [0, 0.05) is 63.6 Å². The van der Waals surface area contributed by atoms with Crippen LogP contribution in [0.15, 0.2) is 213 Å². The van der Waals surface area contributed by atoms with Crippen molar-refractivity contribution < 1.29 is 0 Å². The van der Waals surface area contributed by atoms with Gasteiger partial charge in [-0.15, -0.1) is 0 Å². The average Bonchev–Trinajstić information content (AvgIpc) is 3.64. The van der Waals surface area contributed by atoms with Crippen LogP contribution < -0.4 is 0 Å². The maximum Gasteiger partial charge on any atom is 0.164 e. The van der Waals surface area contributed by atoms with E-state index < -0.39 is 0 Å².